The lowest BCUT2D eigenvalue weighted by molar-refractivity contribution is -0.122. The number of hydrogen-bond donors (Lipinski definition) is 1. The van der Waals surface area contributed by atoms with Crippen molar-refractivity contribution in [1.29, 1.82) is 0 Å². The van der Waals surface area contributed by atoms with E-state index < -0.39 is 15.9 Å². The van der Waals surface area contributed by atoms with Crippen molar-refractivity contribution in [2.45, 2.75) is 46.6 Å². The summed E-state index contributed by atoms with van der Waals surface area (Å²) in [4.78, 5) is 11.7. The Morgan fingerprint density at radius 1 is 1.25 bits per heavy atom. The van der Waals surface area contributed by atoms with Crippen molar-refractivity contribution in [3.05, 3.63) is 0 Å². The van der Waals surface area contributed by atoms with Gasteiger partial charge in [0.2, 0.25) is 0 Å². The van der Waals surface area contributed by atoms with Crippen molar-refractivity contribution < 1.29 is 13.2 Å². The maximum Gasteiger partial charge on any atom is 0.151 e. The van der Waals surface area contributed by atoms with E-state index in [9.17, 15) is 13.2 Å². The van der Waals surface area contributed by atoms with Crippen molar-refractivity contribution >= 4 is 15.6 Å². The minimum atomic E-state index is -3.08. The molecular formula is C11H23NO3S. The van der Waals surface area contributed by atoms with Crippen molar-refractivity contribution in [2.24, 2.45) is 11.1 Å². The second-order valence-electron chi connectivity index (χ2n) is 5.21. The number of sulfone groups is 1. The molecule has 0 aliphatic carbocycles. The summed E-state index contributed by atoms with van der Waals surface area (Å²) in [6.45, 7) is 7.42. The van der Waals surface area contributed by atoms with Crippen LogP contribution >= 0.6 is 0 Å². The first-order valence-electron chi connectivity index (χ1n) is 5.59. The standard InChI is InChI=1S/C11H23NO3S/c1-5-7-16(14,15)8-6-9(13)10(12)11(2,3)4/h10H,5-8,12H2,1-4H3. The lowest BCUT2D eigenvalue weighted by Gasteiger charge is -2.25. The number of ketones is 1. The Bertz CT molecular complexity index is 328. The maximum absolute atomic E-state index is 11.7. The van der Waals surface area contributed by atoms with Crippen LogP contribution < -0.4 is 5.73 Å². The molecule has 1 unspecified atom stereocenters. The molecule has 0 radical (unpaired) electrons. The molecule has 0 aromatic carbocycles. The van der Waals surface area contributed by atoms with Gasteiger partial charge < -0.3 is 5.73 Å². The second-order valence-corrected chi connectivity index (χ2v) is 7.52. The maximum atomic E-state index is 11.7. The largest absolute Gasteiger partial charge is 0.321 e. The van der Waals surface area contributed by atoms with E-state index in [0.29, 0.717) is 6.42 Å². The van der Waals surface area contributed by atoms with Crippen LogP contribution in [0.1, 0.15) is 40.5 Å². The highest BCUT2D eigenvalue weighted by molar-refractivity contribution is 7.91. The minimum absolute atomic E-state index is 0.0285. The molecule has 0 saturated heterocycles. The third-order valence-corrected chi connectivity index (χ3v) is 4.31. The number of carbonyl (C=O) groups is 1. The Balaban J connectivity index is 4.29. The van der Waals surface area contributed by atoms with Crippen LogP contribution in [-0.4, -0.2) is 31.7 Å². The summed E-state index contributed by atoms with van der Waals surface area (Å²) in [5.41, 5.74) is 5.44. The van der Waals surface area contributed by atoms with Gasteiger partial charge in [-0.15, -0.1) is 0 Å². The van der Waals surface area contributed by atoms with E-state index >= 15 is 0 Å². The molecule has 2 N–H and O–H groups in total. The smallest absolute Gasteiger partial charge is 0.151 e. The Morgan fingerprint density at radius 2 is 1.75 bits per heavy atom. The Labute approximate surface area is 98.5 Å². The molecule has 0 aliphatic heterocycles. The lowest BCUT2D eigenvalue weighted by atomic mass is 9.84. The molecule has 0 aromatic heterocycles. The zero-order valence-corrected chi connectivity index (χ0v) is 11.4. The molecule has 16 heavy (non-hydrogen) atoms. The fraction of sp³-hybridized carbons (Fsp3) is 0.909. The quantitative estimate of drug-likeness (QED) is 0.766. The van der Waals surface area contributed by atoms with Crippen LogP contribution in [0.2, 0.25) is 0 Å². The first-order valence-corrected chi connectivity index (χ1v) is 7.41. The van der Waals surface area contributed by atoms with E-state index in [1.54, 1.807) is 6.92 Å². The van der Waals surface area contributed by atoms with E-state index in [-0.39, 0.29) is 29.1 Å². The lowest BCUT2D eigenvalue weighted by Crippen LogP contribution is -2.42. The van der Waals surface area contributed by atoms with Gasteiger partial charge in [-0.25, -0.2) is 8.42 Å². The van der Waals surface area contributed by atoms with Crippen LogP contribution in [-0.2, 0) is 14.6 Å². The molecule has 0 rings (SSSR count). The van der Waals surface area contributed by atoms with Gasteiger partial charge in [0.15, 0.2) is 15.6 Å². The molecule has 0 bridgehead atoms. The number of nitrogens with two attached hydrogens (primary N) is 1. The Kier molecular flexibility index (Phi) is 5.62. The van der Waals surface area contributed by atoms with Crippen LogP contribution in [0.25, 0.3) is 0 Å². The summed E-state index contributed by atoms with van der Waals surface area (Å²) in [5, 5.41) is 0. The number of Topliss-reactive ketones (excluding diaryl/α,β-unsaturated/α-hetero) is 1. The Hall–Kier alpha value is -0.420. The summed E-state index contributed by atoms with van der Waals surface area (Å²) in [5.74, 6) is -0.110. The van der Waals surface area contributed by atoms with Gasteiger partial charge in [0.1, 0.15) is 0 Å². The van der Waals surface area contributed by atoms with E-state index in [0.717, 1.165) is 0 Å². The van der Waals surface area contributed by atoms with Gasteiger partial charge in [0, 0.05) is 12.2 Å². The van der Waals surface area contributed by atoms with Gasteiger partial charge in [0.05, 0.1) is 11.8 Å². The van der Waals surface area contributed by atoms with Gasteiger partial charge in [-0.05, 0) is 11.8 Å². The molecule has 4 nitrogen and oxygen atoms in total. The van der Waals surface area contributed by atoms with Gasteiger partial charge in [-0.3, -0.25) is 4.79 Å². The van der Waals surface area contributed by atoms with Crippen LogP contribution in [0.4, 0.5) is 0 Å². The van der Waals surface area contributed by atoms with Gasteiger partial charge in [0.25, 0.3) is 0 Å². The highest BCUT2D eigenvalue weighted by Gasteiger charge is 2.27. The highest BCUT2D eigenvalue weighted by atomic mass is 32.2. The van der Waals surface area contributed by atoms with Crippen LogP contribution in [0, 0.1) is 5.41 Å². The van der Waals surface area contributed by atoms with Crippen LogP contribution in [0.5, 0.6) is 0 Å². The summed E-state index contributed by atoms with van der Waals surface area (Å²) < 4.78 is 22.8. The molecule has 0 spiro atoms. The molecule has 0 saturated carbocycles. The number of hydrogen-bond acceptors (Lipinski definition) is 4. The van der Waals surface area contributed by atoms with E-state index in [2.05, 4.69) is 0 Å². The average molecular weight is 249 g/mol. The van der Waals surface area contributed by atoms with Crippen molar-refractivity contribution in [3.8, 4) is 0 Å². The monoisotopic (exact) mass is 249 g/mol. The zero-order chi connectivity index (χ0) is 13.0. The summed E-state index contributed by atoms with van der Waals surface area (Å²) >= 11 is 0. The first-order chi connectivity index (χ1) is 7.10. The molecule has 96 valence electrons. The van der Waals surface area contributed by atoms with E-state index in [1.807, 2.05) is 20.8 Å². The van der Waals surface area contributed by atoms with Crippen molar-refractivity contribution in [2.75, 3.05) is 11.5 Å². The SMILES string of the molecule is CCCS(=O)(=O)CCC(=O)C(N)C(C)(C)C. The summed E-state index contributed by atoms with van der Waals surface area (Å²) in [6, 6.07) is -0.593. The third-order valence-electron chi connectivity index (χ3n) is 2.45. The molecule has 0 aromatic rings. The van der Waals surface area contributed by atoms with Crippen molar-refractivity contribution in [3.63, 3.8) is 0 Å². The minimum Gasteiger partial charge on any atom is -0.321 e. The fourth-order valence-electron chi connectivity index (χ4n) is 1.31. The predicted octanol–water partition coefficient (Wildman–Crippen LogP) is 1.14. The molecule has 0 amide bonds. The first kappa shape index (κ1) is 15.6. The molecule has 0 heterocycles. The topological polar surface area (TPSA) is 77.2 Å². The van der Waals surface area contributed by atoms with Crippen molar-refractivity contribution in [1.82, 2.24) is 0 Å². The van der Waals surface area contributed by atoms with Crippen LogP contribution in [0.3, 0.4) is 0 Å². The van der Waals surface area contributed by atoms with E-state index in [4.69, 9.17) is 5.73 Å². The molecule has 5 heteroatoms. The second kappa shape index (κ2) is 5.77. The molecule has 0 aliphatic rings. The number of carbonyl (C=O) groups excluding carboxylic acids is 1. The predicted molar refractivity (Wildman–Crippen MR) is 66.0 cm³/mol. The Morgan fingerprint density at radius 3 is 2.12 bits per heavy atom. The third kappa shape index (κ3) is 5.61. The normalized spacial score (nSPS) is 14.8. The van der Waals surface area contributed by atoms with Gasteiger partial charge in [-0.1, -0.05) is 27.7 Å². The van der Waals surface area contributed by atoms with Crippen LogP contribution in [0.15, 0.2) is 0 Å². The highest BCUT2D eigenvalue weighted by Crippen LogP contribution is 2.19. The fourth-order valence-corrected chi connectivity index (χ4v) is 2.65. The zero-order valence-electron chi connectivity index (χ0n) is 10.6. The summed E-state index contributed by atoms with van der Waals surface area (Å²) in [7, 11) is -3.08. The molecular weight excluding hydrogens is 226 g/mol. The van der Waals surface area contributed by atoms with Gasteiger partial charge >= 0.3 is 0 Å². The van der Waals surface area contributed by atoms with Gasteiger partial charge in [-0.2, -0.15) is 0 Å². The number of rotatable bonds is 6. The molecule has 0 fully saturated rings. The van der Waals surface area contributed by atoms with E-state index in [1.165, 1.54) is 0 Å². The average Bonchev–Trinajstić information content (AvgIpc) is 2.11. The molecule has 1 atom stereocenters. The summed E-state index contributed by atoms with van der Waals surface area (Å²) in [6.07, 6.45) is 0.614.